The van der Waals surface area contributed by atoms with Gasteiger partial charge in [-0.05, 0) is 47.2 Å². The molecular weight excluding hydrogens is 368 g/mol. The summed E-state index contributed by atoms with van der Waals surface area (Å²) in [6.07, 6.45) is 0.545. The molecular formula is C27H24N2O. The standard InChI is InChI=1S/C27H24N2O/c1-27(2)17-22(30)28-25(19-13-7-4-8-14-19)24-23(18-11-5-3-6-12-18)20-15-9-10-16-21(20)26(24)29(27)28/h3-16,25-26H,17H2,1-2H3. The summed E-state index contributed by atoms with van der Waals surface area (Å²) in [5.74, 6) is 0.209. The number of hydrogen-bond acceptors (Lipinski definition) is 2. The van der Waals surface area contributed by atoms with E-state index in [-0.39, 0.29) is 23.5 Å². The van der Waals surface area contributed by atoms with Crippen LogP contribution in [-0.2, 0) is 4.79 Å². The fourth-order valence-electron chi connectivity index (χ4n) is 5.67. The summed E-state index contributed by atoms with van der Waals surface area (Å²) in [6, 6.07) is 29.9. The minimum absolute atomic E-state index is 0.0759. The van der Waals surface area contributed by atoms with Gasteiger partial charge in [-0.3, -0.25) is 9.80 Å². The van der Waals surface area contributed by atoms with Gasteiger partial charge in [-0.15, -0.1) is 0 Å². The van der Waals surface area contributed by atoms with Gasteiger partial charge in [0, 0.05) is 12.0 Å². The molecule has 3 heteroatoms. The SMILES string of the molecule is CC1(C)CC(=O)N2C(c3ccccc3)C3=C(c4ccccc4)c4ccccc4C3N21. The Morgan fingerprint density at radius 3 is 2.17 bits per heavy atom. The van der Waals surface area contributed by atoms with Gasteiger partial charge >= 0.3 is 0 Å². The van der Waals surface area contributed by atoms with Gasteiger partial charge in [-0.2, -0.15) is 5.01 Å². The first-order valence-corrected chi connectivity index (χ1v) is 10.6. The molecule has 0 radical (unpaired) electrons. The van der Waals surface area contributed by atoms with Crippen molar-refractivity contribution in [3.63, 3.8) is 0 Å². The third-order valence-electron chi connectivity index (χ3n) is 6.76. The highest BCUT2D eigenvalue weighted by atomic mass is 16.2. The molecule has 1 aliphatic carbocycles. The van der Waals surface area contributed by atoms with Gasteiger partial charge in [0.05, 0.1) is 12.1 Å². The molecule has 0 aromatic heterocycles. The van der Waals surface area contributed by atoms with E-state index in [1.54, 1.807) is 0 Å². The molecule has 1 amide bonds. The zero-order chi connectivity index (χ0) is 20.5. The number of benzene rings is 3. The van der Waals surface area contributed by atoms with Crippen LogP contribution in [0, 0.1) is 0 Å². The average Bonchev–Trinajstić information content (AvgIpc) is 3.35. The quantitative estimate of drug-likeness (QED) is 0.573. The molecule has 2 aliphatic heterocycles. The Balaban J connectivity index is 1.69. The van der Waals surface area contributed by atoms with E-state index in [4.69, 9.17) is 0 Å². The summed E-state index contributed by atoms with van der Waals surface area (Å²) in [4.78, 5) is 13.3. The molecule has 0 N–H and O–H groups in total. The van der Waals surface area contributed by atoms with Crippen molar-refractivity contribution in [1.82, 2.24) is 10.0 Å². The van der Waals surface area contributed by atoms with Crippen molar-refractivity contribution < 1.29 is 4.79 Å². The normalized spacial score (nSPS) is 24.2. The molecule has 3 aromatic carbocycles. The molecule has 2 atom stereocenters. The zero-order valence-electron chi connectivity index (χ0n) is 17.2. The Labute approximate surface area is 177 Å². The van der Waals surface area contributed by atoms with Gasteiger partial charge in [-0.1, -0.05) is 84.9 Å². The number of nitrogens with zero attached hydrogens (tertiary/aromatic N) is 2. The van der Waals surface area contributed by atoms with Crippen molar-refractivity contribution >= 4 is 11.5 Å². The summed E-state index contributed by atoms with van der Waals surface area (Å²) in [7, 11) is 0. The van der Waals surface area contributed by atoms with Crippen LogP contribution < -0.4 is 0 Å². The number of hydrazine groups is 1. The number of carbonyl (C=O) groups excluding carboxylic acids is 1. The molecule has 2 unspecified atom stereocenters. The lowest BCUT2D eigenvalue weighted by molar-refractivity contribution is -0.141. The molecule has 2 saturated heterocycles. The first kappa shape index (κ1) is 17.7. The van der Waals surface area contributed by atoms with Crippen molar-refractivity contribution in [2.75, 3.05) is 0 Å². The average molecular weight is 393 g/mol. The van der Waals surface area contributed by atoms with E-state index in [1.807, 2.05) is 11.1 Å². The second-order valence-corrected chi connectivity index (χ2v) is 9.07. The van der Waals surface area contributed by atoms with E-state index < -0.39 is 0 Å². The molecule has 30 heavy (non-hydrogen) atoms. The number of rotatable bonds is 2. The van der Waals surface area contributed by atoms with Gasteiger partial charge in [0.25, 0.3) is 0 Å². The highest BCUT2D eigenvalue weighted by Gasteiger charge is 2.60. The van der Waals surface area contributed by atoms with E-state index in [0.29, 0.717) is 6.42 Å². The molecule has 0 spiro atoms. The molecule has 0 bridgehead atoms. The third kappa shape index (κ3) is 2.27. The van der Waals surface area contributed by atoms with Crippen LogP contribution in [-0.4, -0.2) is 21.5 Å². The van der Waals surface area contributed by atoms with Crippen LogP contribution in [0.3, 0.4) is 0 Å². The number of hydrogen-bond donors (Lipinski definition) is 0. The Bertz CT molecular complexity index is 1180. The van der Waals surface area contributed by atoms with Gasteiger partial charge in [0.15, 0.2) is 0 Å². The number of carbonyl (C=O) groups is 1. The second-order valence-electron chi connectivity index (χ2n) is 9.07. The number of amides is 1. The van der Waals surface area contributed by atoms with E-state index >= 15 is 0 Å². The highest BCUT2D eigenvalue weighted by molar-refractivity contribution is 5.92. The lowest BCUT2D eigenvalue weighted by Gasteiger charge is -2.36. The Kier molecular flexibility index (Phi) is 3.63. The molecule has 3 nitrogen and oxygen atoms in total. The van der Waals surface area contributed by atoms with Gasteiger partial charge in [0.2, 0.25) is 5.91 Å². The van der Waals surface area contributed by atoms with Crippen LogP contribution in [0.5, 0.6) is 0 Å². The van der Waals surface area contributed by atoms with Gasteiger partial charge in [0.1, 0.15) is 0 Å². The van der Waals surface area contributed by atoms with E-state index in [2.05, 4.69) is 97.7 Å². The highest BCUT2D eigenvalue weighted by Crippen LogP contribution is 2.61. The molecule has 3 aliphatic rings. The lowest BCUT2D eigenvalue weighted by atomic mass is 9.89. The summed E-state index contributed by atoms with van der Waals surface area (Å²) < 4.78 is 0. The summed E-state index contributed by atoms with van der Waals surface area (Å²) in [5, 5.41) is 4.41. The Hall–Kier alpha value is -3.17. The zero-order valence-corrected chi connectivity index (χ0v) is 17.2. The van der Waals surface area contributed by atoms with Crippen molar-refractivity contribution in [1.29, 1.82) is 0 Å². The molecule has 148 valence electrons. The summed E-state index contributed by atoms with van der Waals surface area (Å²) >= 11 is 0. The van der Waals surface area contributed by atoms with E-state index in [1.165, 1.54) is 33.4 Å². The maximum absolute atomic E-state index is 13.3. The van der Waals surface area contributed by atoms with E-state index in [9.17, 15) is 4.79 Å². The fourth-order valence-corrected chi connectivity index (χ4v) is 5.67. The largest absolute Gasteiger partial charge is 0.273 e. The summed E-state index contributed by atoms with van der Waals surface area (Å²) in [5.41, 5.74) is 7.37. The topological polar surface area (TPSA) is 23.6 Å². The maximum Gasteiger partial charge on any atom is 0.239 e. The first-order valence-electron chi connectivity index (χ1n) is 10.6. The van der Waals surface area contributed by atoms with Gasteiger partial charge < -0.3 is 0 Å². The van der Waals surface area contributed by atoms with Crippen LogP contribution in [0.4, 0.5) is 0 Å². The first-order chi connectivity index (χ1) is 14.6. The van der Waals surface area contributed by atoms with Crippen LogP contribution in [0.1, 0.15) is 54.6 Å². The predicted octanol–water partition coefficient (Wildman–Crippen LogP) is 5.53. The smallest absolute Gasteiger partial charge is 0.239 e. The van der Waals surface area contributed by atoms with Crippen molar-refractivity contribution in [3.8, 4) is 0 Å². The summed E-state index contributed by atoms with van der Waals surface area (Å²) in [6.45, 7) is 4.39. The Morgan fingerprint density at radius 2 is 1.43 bits per heavy atom. The second kappa shape index (κ2) is 6.16. The van der Waals surface area contributed by atoms with Crippen LogP contribution in [0.15, 0.2) is 90.5 Å². The third-order valence-corrected chi connectivity index (χ3v) is 6.76. The van der Waals surface area contributed by atoms with Crippen molar-refractivity contribution in [2.24, 2.45) is 0 Å². The molecule has 6 rings (SSSR count). The van der Waals surface area contributed by atoms with Crippen LogP contribution in [0.25, 0.3) is 5.57 Å². The predicted molar refractivity (Wildman–Crippen MR) is 118 cm³/mol. The molecule has 3 aromatic rings. The van der Waals surface area contributed by atoms with Crippen LogP contribution in [0.2, 0.25) is 0 Å². The maximum atomic E-state index is 13.3. The van der Waals surface area contributed by atoms with Crippen molar-refractivity contribution in [3.05, 3.63) is 113 Å². The van der Waals surface area contributed by atoms with Crippen molar-refractivity contribution in [2.45, 2.75) is 37.9 Å². The molecule has 0 saturated carbocycles. The monoisotopic (exact) mass is 392 g/mol. The van der Waals surface area contributed by atoms with Crippen LogP contribution >= 0.6 is 0 Å². The molecule has 2 fully saturated rings. The minimum atomic E-state index is -0.226. The lowest BCUT2D eigenvalue weighted by Crippen LogP contribution is -2.44. The Morgan fingerprint density at radius 1 is 0.800 bits per heavy atom. The van der Waals surface area contributed by atoms with Gasteiger partial charge in [-0.25, -0.2) is 0 Å². The van der Waals surface area contributed by atoms with E-state index in [0.717, 1.165) is 0 Å². The fraction of sp³-hybridized carbons (Fsp3) is 0.222. The molecule has 2 heterocycles. The minimum Gasteiger partial charge on any atom is -0.273 e. The number of fused-ring (bicyclic) bond motifs is 5.